The fraction of sp³-hybridized carbons (Fsp3) is 0.765. The van der Waals surface area contributed by atoms with Gasteiger partial charge in [0.05, 0.1) is 0 Å². The first-order valence-electron chi connectivity index (χ1n) is 8.36. The molecule has 1 aromatic rings. The van der Waals surface area contributed by atoms with Gasteiger partial charge in [0.15, 0.2) is 0 Å². The molecule has 110 valence electrons. The molecule has 20 heavy (non-hydrogen) atoms. The van der Waals surface area contributed by atoms with Gasteiger partial charge >= 0.3 is 0 Å². The Labute approximate surface area is 122 Å². The largest absolute Gasteiger partial charge is 0.373 e. The van der Waals surface area contributed by atoms with Crippen molar-refractivity contribution in [1.29, 1.82) is 0 Å². The normalized spacial score (nSPS) is 26.5. The highest BCUT2D eigenvalue weighted by atomic mass is 15.0. The van der Waals surface area contributed by atoms with E-state index in [0.717, 1.165) is 17.6 Å². The van der Waals surface area contributed by atoms with Crippen LogP contribution in [0.15, 0.2) is 6.07 Å². The molecule has 3 rings (SSSR count). The highest BCUT2D eigenvalue weighted by Gasteiger charge is 2.29. The van der Waals surface area contributed by atoms with Gasteiger partial charge in [0, 0.05) is 30.6 Å². The van der Waals surface area contributed by atoms with Crippen molar-refractivity contribution < 1.29 is 0 Å². The molecule has 0 bridgehead atoms. The van der Waals surface area contributed by atoms with Crippen molar-refractivity contribution in [3.63, 3.8) is 0 Å². The van der Waals surface area contributed by atoms with Crippen LogP contribution in [-0.2, 0) is 0 Å². The molecule has 0 saturated heterocycles. The Bertz CT molecular complexity index is 446. The first kappa shape index (κ1) is 13.8. The van der Waals surface area contributed by atoms with E-state index in [-0.39, 0.29) is 0 Å². The lowest BCUT2D eigenvalue weighted by Gasteiger charge is -2.27. The molecule has 0 spiro atoms. The van der Waals surface area contributed by atoms with Gasteiger partial charge in [0.2, 0.25) is 0 Å². The monoisotopic (exact) mass is 273 g/mol. The number of aromatic nitrogens is 2. The van der Waals surface area contributed by atoms with Crippen molar-refractivity contribution in [3.8, 4) is 0 Å². The average molecular weight is 273 g/mol. The Morgan fingerprint density at radius 1 is 1.05 bits per heavy atom. The number of rotatable bonds is 5. The smallest absolute Gasteiger partial charge is 0.134 e. The van der Waals surface area contributed by atoms with E-state index in [1.54, 1.807) is 0 Å². The minimum absolute atomic E-state index is 0.592. The molecule has 1 heterocycles. The van der Waals surface area contributed by atoms with Crippen molar-refractivity contribution in [1.82, 2.24) is 9.97 Å². The molecule has 1 N–H and O–H groups in total. The minimum Gasteiger partial charge on any atom is -0.373 e. The van der Waals surface area contributed by atoms with E-state index < -0.39 is 0 Å². The molecule has 0 atom stereocenters. The molecule has 1 aromatic heterocycles. The fourth-order valence-corrected chi connectivity index (χ4v) is 3.50. The van der Waals surface area contributed by atoms with Gasteiger partial charge in [0.25, 0.3) is 0 Å². The highest BCUT2D eigenvalue weighted by molar-refractivity contribution is 5.37. The van der Waals surface area contributed by atoms with Gasteiger partial charge in [-0.2, -0.15) is 0 Å². The van der Waals surface area contributed by atoms with E-state index in [1.807, 2.05) is 7.05 Å². The summed E-state index contributed by atoms with van der Waals surface area (Å²) in [4.78, 5) is 9.62. The molecule has 0 radical (unpaired) electrons. The van der Waals surface area contributed by atoms with Crippen molar-refractivity contribution >= 4 is 5.82 Å². The Kier molecular flexibility index (Phi) is 4.23. The van der Waals surface area contributed by atoms with E-state index >= 15 is 0 Å². The molecule has 3 nitrogen and oxygen atoms in total. The van der Waals surface area contributed by atoms with E-state index in [2.05, 4.69) is 18.3 Å². The van der Waals surface area contributed by atoms with Crippen molar-refractivity contribution in [2.24, 2.45) is 5.92 Å². The summed E-state index contributed by atoms with van der Waals surface area (Å²) in [5, 5.41) is 3.21. The van der Waals surface area contributed by atoms with Crippen LogP contribution in [0.1, 0.15) is 81.6 Å². The molecule has 0 unspecified atom stereocenters. The zero-order chi connectivity index (χ0) is 13.9. The predicted octanol–water partition coefficient (Wildman–Crippen LogP) is 4.47. The van der Waals surface area contributed by atoms with Crippen LogP contribution in [-0.4, -0.2) is 17.0 Å². The summed E-state index contributed by atoms with van der Waals surface area (Å²) >= 11 is 0. The van der Waals surface area contributed by atoms with Gasteiger partial charge in [-0.1, -0.05) is 19.8 Å². The second-order valence-corrected chi connectivity index (χ2v) is 6.57. The van der Waals surface area contributed by atoms with Crippen LogP contribution in [0.5, 0.6) is 0 Å². The third-order valence-corrected chi connectivity index (χ3v) is 4.92. The molecular formula is C17H27N3. The van der Waals surface area contributed by atoms with Gasteiger partial charge < -0.3 is 5.32 Å². The number of nitrogens with zero attached hydrogens (tertiary/aromatic N) is 2. The average Bonchev–Trinajstić information content (AvgIpc) is 3.32. The summed E-state index contributed by atoms with van der Waals surface area (Å²) < 4.78 is 0. The van der Waals surface area contributed by atoms with Crippen molar-refractivity contribution in [2.75, 3.05) is 12.4 Å². The molecule has 2 fully saturated rings. The molecule has 0 amide bonds. The third kappa shape index (κ3) is 3.13. The Morgan fingerprint density at radius 2 is 1.75 bits per heavy atom. The van der Waals surface area contributed by atoms with Crippen molar-refractivity contribution in [2.45, 2.75) is 70.1 Å². The Hall–Kier alpha value is -1.12. The lowest BCUT2D eigenvalue weighted by Crippen LogP contribution is -2.16. The predicted molar refractivity (Wildman–Crippen MR) is 83.2 cm³/mol. The van der Waals surface area contributed by atoms with Crippen LogP contribution < -0.4 is 5.32 Å². The zero-order valence-corrected chi connectivity index (χ0v) is 12.9. The Balaban J connectivity index is 1.71. The first-order valence-corrected chi connectivity index (χ1v) is 8.36. The van der Waals surface area contributed by atoms with Crippen molar-refractivity contribution in [3.05, 3.63) is 17.6 Å². The number of hydrogen-bond acceptors (Lipinski definition) is 3. The number of hydrogen-bond donors (Lipinski definition) is 1. The van der Waals surface area contributed by atoms with Gasteiger partial charge in [0.1, 0.15) is 11.6 Å². The maximum Gasteiger partial charge on any atom is 0.134 e. The maximum atomic E-state index is 4.89. The summed E-state index contributed by atoms with van der Waals surface area (Å²) in [5.74, 6) is 4.36. The number of nitrogens with one attached hydrogen (secondary N) is 1. The maximum absolute atomic E-state index is 4.89. The lowest BCUT2D eigenvalue weighted by molar-refractivity contribution is 0.302. The third-order valence-electron chi connectivity index (χ3n) is 4.92. The van der Waals surface area contributed by atoms with Gasteiger partial charge in [-0.15, -0.1) is 0 Å². The highest BCUT2D eigenvalue weighted by Crippen LogP contribution is 2.41. The number of anilines is 1. The fourth-order valence-electron chi connectivity index (χ4n) is 3.50. The SMILES string of the molecule is CCCC1CCC(c2nc(NC)cc(C3CC3)n2)CC1. The minimum atomic E-state index is 0.592. The second-order valence-electron chi connectivity index (χ2n) is 6.57. The van der Waals surface area contributed by atoms with E-state index in [0.29, 0.717) is 11.8 Å². The molecule has 0 aliphatic heterocycles. The molecule has 0 aromatic carbocycles. The first-order chi connectivity index (χ1) is 9.80. The van der Waals surface area contributed by atoms with Crippen LogP contribution in [0.3, 0.4) is 0 Å². The van der Waals surface area contributed by atoms with Gasteiger partial charge in [-0.05, 0) is 44.4 Å². The van der Waals surface area contributed by atoms with Gasteiger partial charge in [-0.25, -0.2) is 9.97 Å². The van der Waals surface area contributed by atoms with Crippen LogP contribution in [0.2, 0.25) is 0 Å². The summed E-state index contributed by atoms with van der Waals surface area (Å²) in [7, 11) is 1.96. The standard InChI is InChI=1S/C17H27N3/c1-3-4-12-5-7-14(8-6-12)17-19-15(13-9-10-13)11-16(18-2)20-17/h11-14H,3-10H2,1-2H3,(H,18,19,20). The summed E-state index contributed by atoms with van der Waals surface area (Å²) in [6.45, 7) is 2.30. The topological polar surface area (TPSA) is 37.8 Å². The quantitative estimate of drug-likeness (QED) is 0.860. The summed E-state index contributed by atoms with van der Waals surface area (Å²) in [5.41, 5.74) is 1.27. The van der Waals surface area contributed by atoms with Crippen LogP contribution in [0.4, 0.5) is 5.82 Å². The zero-order valence-electron chi connectivity index (χ0n) is 12.9. The molecule has 2 aliphatic rings. The second kappa shape index (κ2) is 6.11. The molecular weight excluding hydrogens is 246 g/mol. The van der Waals surface area contributed by atoms with Gasteiger partial charge in [-0.3, -0.25) is 0 Å². The van der Waals surface area contributed by atoms with E-state index in [9.17, 15) is 0 Å². The Morgan fingerprint density at radius 3 is 2.35 bits per heavy atom. The van der Waals surface area contributed by atoms with E-state index in [4.69, 9.17) is 9.97 Å². The summed E-state index contributed by atoms with van der Waals surface area (Å²) in [6.07, 6.45) is 10.6. The van der Waals surface area contributed by atoms with Crippen LogP contribution in [0, 0.1) is 5.92 Å². The lowest BCUT2D eigenvalue weighted by atomic mass is 9.80. The molecule has 2 saturated carbocycles. The van der Waals surface area contributed by atoms with Crippen LogP contribution in [0.25, 0.3) is 0 Å². The molecule has 3 heteroatoms. The van der Waals surface area contributed by atoms with E-state index in [1.165, 1.54) is 57.1 Å². The molecule has 2 aliphatic carbocycles. The summed E-state index contributed by atoms with van der Waals surface area (Å²) in [6, 6.07) is 2.14. The van der Waals surface area contributed by atoms with Crippen LogP contribution >= 0.6 is 0 Å².